The third kappa shape index (κ3) is 4.42. The standard InChI is InChI=1S/C30H38N6O.H2/c1-20-8-9-21-5-3-7-28(26(21)15-20)35-14-12-25-27(18-35)32-30(37-19-24-6-4-13-34(24)2)33-29(25)36-16-22-10-11-23(17-36)31-22;/h3,5,7-9,15,22-24,31H,4,6,10-14,16-19H2,1-2H3;1H/t22?,23?,24-;/m0./s1. The molecule has 2 unspecified atom stereocenters. The maximum absolute atomic E-state index is 6.33. The number of ether oxygens (including phenoxy) is 1. The van der Waals surface area contributed by atoms with Gasteiger partial charge in [0, 0.05) is 55.8 Å². The normalized spacial score (nSPS) is 25.6. The molecule has 7 nitrogen and oxygen atoms in total. The quantitative estimate of drug-likeness (QED) is 0.565. The van der Waals surface area contributed by atoms with Gasteiger partial charge >= 0.3 is 6.01 Å². The summed E-state index contributed by atoms with van der Waals surface area (Å²) < 4.78 is 6.33. The fraction of sp³-hybridized carbons (Fsp3) is 0.533. The highest BCUT2D eigenvalue weighted by atomic mass is 16.5. The number of fused-ring (bicyclic) bond motifs is 4. The Morgan fingerprint density at radius 1 is 1.03 bits per heavy atom. The molecule has 4 aliphatic rings. The minimum absolute atomic E-state index is 0. The Balaban J connectivity index is 0.00000264. The predicted octanol–water partition coefficient (Wildman–Crippen LogP) is 4.16. The van der Waals surface area contributed by atoms with Crippen LogP contribution < -0.4 is 19.9 Å². The summed E-state index contributed by atoms with van der Waals surface area (Å²) in [6, 6.07) is 15.5. The second kappa shape index (κ2) is 9.44. The molecular formula is C30H40N6O. The molecule has 1 aromatic heterocycles. The number of anilines is 2. The van der Waals surface area contributed by atoms with E-state index < -0.39 is 0 Å². The number of nitrogens with zero attached hydrogens (tertiary/aromatic N) is 5. The number of benzene rings is 2. The molecule has 196 valence electrons. The Morgan fingerprint density at radius 3 is 2.70 bits per heavy atom. The summed E-state index contributed by atoms with van der Waals surface area (Å²) in [4.78, 5) is 17.5. The van der Waals surface area contributed by atoms with Crippen LogP contribution >= 0.6 is 0 Å². The van der Waals surface area contributed by atoms with Crippen molar-refractivity contribution < 1.29 is 6.16 Å². The van der Waals surface area contributed by atoms with Gasteiger partial charge in [0.2, 0.25) is 0 Å². The van der Waals surface area contributed by atoms with Crippen molar-refractivity contribution in [3.63, 3.8) is 0 Å². The Hall–Kier alpha value is -2.90. The summed E-state index contributed by atoms with van der Waals surface area (Å²) in [6.07, 6.45) is 5.91. The van der Waals surface area contributed by atoms with Gasteiger partial charge in [0.25, 0.3) is 0 Å². The van der Waals surface area contributed by atoms with E-state index in [9.17, 15) is 0 Å². The van der Waals surface area contributed by atoms with Crippen molar-refractivity contribution in [3.05, 3.63) is 53.2 Å². The van der Waals surface area contributed by atoms with Crippen LogP contribution in [0.4, 0.5) is 11.5 Å². The summed E-state index contributed by atoms with van der Waals surface area (Å²) >= 11 is 0. The first-order valence-corrected chi connectivity index (χ1v) is 14.1. The van der Waals surface area contributed by atoms with Gasteiger partial charge in [-0.2, -0.15) is 9.97 Å². The molecule has 3 saturated heterocycles. The lowest BCUT2D eigenvalue weighted by Crippen LogP contribution is -2.52. The van der Waals surface area contributed by atoms with Crippen LogP contribution in [-0.2, 0) is 13.0 Å². The zero-order chi connectivity index (χ0) is 24.9. The number of piperazine rings is 1. The Labute approximate surface area is 221 Å². The minimum Gasteiger partial charge on any atom is -0.462 e. The van der Waals surface area contributed by atoms with Gasteiger partial charge in [0.15, 0.2) is 0 Å². The van der Waals surface area contributed by atoms with Gasteiger partial charge in [-0.3, -0.25) is 0 Å². The summed E-state index contributed by atoms with van der Waals surface area (Å²) in [6.45, 7) is 7.79. The molecule has 0 aliphatic carbocycles. The summed E-state index contributed by atoms with van der Waals surface area (Å²) in [5.74, 6) is 1.12. The summed E-state index contributed by atoms with van der Waals surface area (Å²) in [7, 11) is 2.19. The van der Waals surface area contributed by atoms with Crippen molar-refractivity contribution in [2.24, 2.45) is 0 Å². The number of likely N-dealkylation sites (tertiary alicyclic amines) is 1. The van der Waals surface area contributed by atoms with Gasteiger partial charge < -0.3 is 24.8 Å². The van der Waals surface area contributed by atoms with Crippen LogP contribution in [-0.4, -0.2) is 72.8 Å². The third-order valence-electron chi connectivity index (χ3n) is 8.97. The summed E-state index contributed by atoms with van der Waals surface area (Å²) in [5, 5.41) is 6.38. The van der Waals surface area contributed by atoms with E-state index in [2.05, 4.69) is 70.4 Å². The molecule has 1 N–H and O–H groups in total. The molecule has 5 heterocycles. The largest absolute Gasteiger partial charge is 0.462 e. The van der Waals surface area contributed by atoms with Crippen LogP contribution in [0.15, 0.2) is 36.4 Å². The van der Waals surface area contributed by atoms with Crippen LogP contribution in [0.2, 0.25) is 0 Å². The van der Waals surface area contributed by atoms with Crippen molar-refractivity contribution in [2.75, 3.05) is 49.6 Å². The van der Waals surface area contributed by atoms with E-state index in [1.165, 1.54) is 53.3 Å². The molecule has 7 rings (SSSR count). The van der Waals surface area contributed by atoms with Crippen molar-refractivity contribution >= 4 is 22.3 Å². The van der Waals surface area contributed by atoms with Crippen LogP contribution in [0.5, 0.6) is 6.01 Å². The Bertz CT molecular complexity index is 1310. The van der Waals surface area contributed by atoms with Crippen molar-refractivity contribution in [3.8, 4) is 6.01 Å². The van der Waals surface area contributed by atoms with Crippen LogP contribution in [0, 0.1) is 6.92 Å². The molecule has 0 spiro atoms. The summed E-state index contributed by atoms with van der Waals surface area (Å²) in [5.41, 5.74) is 5.03. The smallest absolute Gasteiger partial charge is 0.318 e. The maximum Gasteiger partial charge on any atom is 0.318 e. The van der Waals surface area contributed by atoms with Crippen LogP contribution in [0.25, 0.3) is 10.8 Å². The molecule has 7 heteroatoms. The van der Waals surface area contributed by atoms with Gasteiger partial charge in [-0.15, -0.1) is 0 Å². The first-order chi connectivity index (χ1) is 18.1. The van der Waals surface area contributed by atoms with Crippen LogP contribution in [0.3, 0.4) is 0 Å². The van der Waals surface area contributed by atoms with Crippen molar-refractivity contribution in [2.45, 2.75) is 63.7 Å². The second-order valence-corrected chi connectivity index (χ2v) is 11.6. The van der Waals surface area contributed by atoms with E-state index in [1.807, 2.05) is 0 Å². The van der Waals surface area contributed by atoms with E-state index in [-0.39, 0.29) is 1.43 Å². The first kappa shape index (κ1) is 23.2. The van der Waals surface area contributed by atoms with E-state index in [0.717, 1.165) is 50.7 Å². The molecule has 3 atom stereocenters. The highest BCUT2D eigenvalue weighted by Gasteiger charge is 2.35. The van der Waals surface area contributed by atoms with Crippen molar-refractivity contribution in [1.29, 1.82) is 0 Å². The molecule has 3 aromatic rings. The lowest BCUT2D eigenvalue weighted by Gasteiger charge is -2.37. The fourth-order valence-electron chi connectivity index (χ4n) is 6.90. The fourth-order valence-corrected chi connectivity index (χ4v) is 6.90. The van der Waals surface area contributed by atoms with E-state index in [1.54, 1.807) is 0 Å². The monoisotopic (exact) mass is 500 g/mol. The number of rotatable bonds is 5. The highest BCUT2D eigenvalue weighted by molar-refractivity contribution is 5.95. The molecule has 2 aromatic carbocycles. The average Bonchev–Trinajstić information content (AvgIpc) is 3.49. The van der Waals surface area contributed by atoms with E-state index in [0.29, 0.717) is 30.7 Å². The lowest BCUT2D eigenvalue weighted by atomic mass is 10.0. The molecule has 0 saturated carbocycles. The van der Waals surface area contributed by atoms with E-state index >= 15 is 0 Å². The Kier molecular flexibility index (Phi) is 5.93. The molecular weight excluding hydrogens is 460 g/mol. The minimum atomic E-state index is 0. The third-order valence-corrected chi connectivity index (χ3v) is 8.97. The second-order valence-electron chi connectivity index (χ2n) is 11.6. The van der Waals surface area contributed by atoms with E-state index in [4.69, 9.17) is 14.7 Å². The molecule has 3 fully saturated rings. The first-order valence-electron chi connectivity index (χ1n) is 14.1. The van der Waals surface area contributed by atoms with Crippen molar-refractivity contribution in [1.82, 2.24) is 20.2 Å². The maximum atomic E-state index is 6.33. The molecule has 0 radical (unpaired) electrons. The zero-order valence-corrected chi connectivity index (χ0v) is 22.1. The lowest BCUT2D eigenvalue weighted by molar-refractivity contribution is 0.187. The number of aryl methyl sites for hydroxylation is 1. The topological polar surface area (TPSA) is 56.8 Å². The van der Waals surface area contributed by atoms with Gasteiger partial charge in [-0.05, 0) is 70.1 Å². The molecule has 2 bridgehead atoms. The SMILES string of the molecule is Cc1ccc2cccc(N3CCc4c(nc(OC[C@@H]5CCCN5C)nc4N4CC5CCC(C4)N5)C3)c2c1.[HH]. The molecule has 37 heavy (non-hydrogen) atoms. The number of nitrogens with one attached hydrogen (secondary N) is 1. The predicted molar refractivity (Wildman–Crippen MR) is 151 cm³/mol. The van der Waals surface area contributed by atoms with Crippen LogP contribution in [0.1, 0.15) is 43.9 Å². The van der Waals surface area contributed by atoms with Gasteiger partial charge in [0.05, 0.1) is 12.2 Å². The molecule has 0 amide bonds. The highest BCUT2D eigenvalue weighted by Crippen LogP contribution is 2.36. The zero-order valence-electron chi connectivity index (χ0n) is 22.1. The van der Waals surface area contributed by atoms with Gasteiger partial charge in [-0.25, -0.2) is 0 Å². The number of likely N-dealkylation sites (N-methyl/N-ethyl adjacent to an activating group) is 1. The van der Waals surface area contributed by atoms with Gasteiger partial charge in [0.1, 0.15) is 12.4 Å². The molecule has 4 aliphatic heterocycles. The Morgan fingerprint density at radius 2 is 1.89 bits per heavy atom. The van der Waals surface area contributed by atoms with Gasteiger partial charge in [-0.1, -0.05) is 29.8 Å². The number of aromatic nitrogens is 2. The number of hydrogen-bond acceptors (Lipinski definition) is 7. The average molecular weight is 501 g/mol. The number of hydrogen-bond donors (Lipinski definition) is 1.